The third-order valence-electron chi connectivity index (χ3n) is 4.43. The van der Waals surface area contributed by atoms with Crippen LogP contribution in [0.1, 0.15) is 17.3 Å². The first-order valence-electron chi connectivity index (χ1n) is 8.70. The lowest BCUT2D eigenvalue weighted by molar-refractivity contribution is 0.0527. The number of ether oxygens (including phenoxy) is 1. The van der Waals surface area contributed by atoms with Gasteiger partial charge in [-0.2, -0.15) is 4.31 Å². The van der Waals surface area contributed by atoms with Crippen LogP contribution in [0.5, 0.6) is 0 Å². The topological polar surface area (TPSA) is 66.9 Å². The van der Waals surface area contributed by atoms with E-state index >= 15 is 0 Å². The van der Waals surface area contributed by atoms with Crippen LogP contribution in [0.25, 0.3) is 0 Å². The molecule has 2 aromatic carbocycles. The van der Waals surface area contributed by atoms with Gasteiger partial charge in [0.2, 0.25) is 10.0 Å². The SMILES string of the molecule is CCOC(=O)c1ccccc1N1CCN(S(=O)(=O)c2ccc(F)cc2)CC1. The van der Waals surface area contributed by atoms with E-state index in [4.69, 9.17) is 4.74 Å². The maximum atomic E-state index is 13.1. The lowest BCUT2D eigenvalue weighted by Gasteiger charge is -2.36. The Labute approximate surface area is 158 Å². The Morgan fingerprint density at radius 2 is 1.67 bits per heavy atom. The Bertz CT molecular complexity index is 908. The summed E-state index contributed by atoms with van der Waals surface area (Å²) in [6.45, 7) is 3.47. The normalized spacial score (nSPS) is 15.6. The van der Waals surface area contributed by atoms with E-state index < -0.39 is 21.8 Å². The monoisotopic (exact) mass is 392 g/mol. The summed E-state index contributed by atoms with van der Waals surface area (Å²) < 4.78 is 45.0. The highest BCUT2D eigenvalue weighted by atomic mass is 32.2. The molecule has 0 aliphatic carbocycles. The third kappa shape index (κ3) is 4.12. The van der Waals surface area contributed by atoms with Gasteiger partial charge in [-0.25, -0.2) is 17.6 Å². The predicted molar refractivity (Wildman–Crippen MR) is 99.8 cm³/mol. The minimum atomic E-state index is -3.67. The highest BCUT2D eigenvalue weighted by molar-refractivity contribution is 7.89. The van der Waals surface area contributed by atoms with Gasteiger partial charge in [0.05, 0.1) is 22.8 Å². The number of carbonyl (C=O) groups is 1. The number of halogens is 1. The Kier molecular flexibility index (Phi) is 5.76. The number of sulfonamides is 1. The molecule has 3 rings (SSSR count). The summed E-state index contributed by atoms with van der Waals surface area (Å²) in [6, 6.07) is 12.0. The predicted octanol–water partition coefficient (Wildman–Crippen LogP) is 2.51. The number of hydrogen-bond donors (Lipinski definition) is 0. The number of hydrogen-bond acceptors (Lipinski definition) is 5. The minimum absolute atomic E-state index is 0.0734. The van der Waals surface area contributed by atoms with E-state index in [1.54, 1.807) is 19.1 Å². The van der Waals surface area contributed by atoms with Gasteiger partial charge in [-0.3, -0.25) is 0 Å². The molecule has 8 heteroatoms. The van der Waals surface area contributed by atoms with E-state index in [0.29, 0.717) is 18.7 Å². The van der Waals surface area contributed by atoms with Gasteiger partial charge in [0.25, 0.3) is 0 Å². The second kappa shape index (κ2) is 8.06. The summed E-state index contributed by atoms with van der Waals surface area (Å²) in [6.07, 6.45) is 0. The van der Waals surface area contributed by atoms with Crippen LogP contribution in [0.3, 0.4) is 0 Å². The first-order valence-corrected chi connectivity index (χ1v) is 10.1. The first kappa shape index (κ1) is 19.3. The Morgan fingerprint density at radius 3 is 2.30 bits per heavy atom. The largest absolute Gasteiger partial charge is 0.462 e. The Morgan fingerprint density at radius 1 is 1.04 bits per heavy atom. The molecule has 0 unspecified atom stereocenters. The van der Waals surface area contributed by atoms with Crippen LogP contribution < -0.4 is 4.90 Å². The molecule has 27 heavy (non-hydrogen) atoms. The van der Waals surface area contributed by atoms with Crippen LogP contribution in [0.4, 0.5) is 10.1 Å². The average molecular weight is 392 g/mol. The number of carbonyl (C=O) groups excluding carboxylic acids is 1. The van der Waals surface area contributed by atoms with Crippen molar-refractivity contribution in [3.8, 4) is 0 Å². The molecule has 1 saturated heterocycles. The maximum absolute atomic E-state index is 13.1. The summed E-state index contributed by atoms with van der Waals surface area (Å²) in [4.78, 5) is 14.2. The molecule has 1 heterocycles. The minimum Gasteiger partial charge on any atom is -0.462 e. The van der Waals surface area contributed by atoms with E-state index in [2.05, 4.69) is 0 Å². The van der Waals surface area contributed by atoms with Crippen LogP contribution in [0.2, 0.25) is 0 Å². The van der Waals surface area contributed by atoms with Crippen molar-refractivity contribution in [2.24, 2.45) is 0 Å². The van der Waals surface area contributed by atoms with Gasteiger partial charge < -0.3 is 9.64 Å². The molecule has 1 aliphatic rings. The molecule has 1 fully saturated rings. The van der Waals surface area contributed by atoms with Crippen molar-refractivity contribution in [3.63, 3.8) is 0 Å². The molecule has 0 N–H and O–H groups in total. The molecule has 0 radical (unpaired) electrons. The summed E-state index contributed by atoms with van der Waals surface area (Å²) >= 11 is 0. The number of anilines is 1. The van der Waals surface area contributed by atoms with Crippen LogP contribution in [-0.2, 0) is 14.8 Å². The molecular formula is C19H21FN2O4S. The van der Waals surface area contributed by atoms with E-state index in [1.807, 2.05) is 17.0 Å². The Hall–Kier alpha value is -2.45. The highest BCUT2D eigenvalue weighted by Crippen LogP contribution is 2.25. The number of esters is 1. The summed E-state index contributed by atoms with van der Waals surface area (Å²) in [7, 11) is -3.67. The quantitative estimate of drug-likeness (QED) is 0.732. The fraction of sp³-hybridized carbons (Fsp3) is 0.316. The second-order valence-electron chi connectivity index (χ2n) is 6.08. The molecule has 144 valence electrons. The van der Waals surface area contributed by atoms with Gasteiger partial charge in [-0.05, 0) is 43.3 Å². The van der Waals surface area contributed by atoms with E-state index in [0.717, 1.165) is 17.8 Å². The first-order chi connectivity index (χ1) is 12.9. The van der Waals surface area contributed by atoms with Crippen molar-refractivity contribution in [2.45, 2.75) is 11.8 Å². The number of benzene rings is 2. The van der Waals surface area contributed by atoms with Crippen molar-refractivity contribution in [1.29, 1.82) is 0 Å². The molecule has 1 aliphatic heterocycles. The zero-order chi connectivity index (χ0) is 19.4. The van der Waals surface area contributed by atoms with Gasteiger partial charge in [-0.15, -0.1) is 0 Å². The van der Waals surface area contributed by atoms with Gasteiger partial charge in [0.1, 0.15) is 5.82 Å². The van der Waals surface area contributed by atoms with Gasteiger partial charge in [0.15, 0.2) is 0 Å². The molecule has 0 bridgehead atoms. The molecule has 0 atom stereocenters. The van der Waals surface area contributed by atoms with Crippen LogP contribution in [0, 0.1) is 5.82 Å². The van der Waals surface area contributed by atoms with E-state index in [9.17, 15) is 17.6 Å². The van der Waals surface area contributed by atoms with Crippen molar-refractivity contribution >= 4 is 21.7 Å². The van der Waals surface area contributed by atoms with Gasteiger partial charge in [0, 0.05) is 26.2 Å². The van der Waals surface area contributed by atoms with Crippen molar-refractivity contribution in [1.82, 2.24) is 4.31 Å². The summed E-state index contributed by atoms with van der Waals surface area (Å²) in [5, 5.41) is 0. The smallest absolute Gasteiger partial charge is 0.340 e. The standard InChI is InChI=1S/C19H21FN2O4S/c1-2-26-19(23)17-5-3-4-6-18(17)21-11-13-22(14-12-21)27(24,25)16-9-7-15(20)8-10-16/h3-10H,2,11-14H2,1H3. The second-order valence-corrected chi connectivity index (χ2v) is 8.02. The molecule has 0 amide bonds. The number of piperazine rings is 1. The van der Waals surface area contributed by atoms with Crippen LogP contribution >= 0.6 is 0 Å². The lowest BCUT2D eigenvalue weighted by atomic mass is 10.1. The average Bonchev–Trinajstić information content (AvgIpc) is 2.68. The third-order valence-corrected chi connectivity index (χ3v) is 6.34. The summed E-state index contributed by atoms with van der Waals surface area (Å²) in [5.74, 6) is -0.871. The summed E-state index contributed by atoms with van der Waals surface area (Å²) in [5.41, 5.74) is 1.20. The Balaban J connectivity index is 1.74. The maximum Gasteiger partial charge on any atom is 0.340 e. The lowest BCUT2D eigenvalue weighted by Crippen LogP contribution is -2.49. The van der Waals surface area contributed by atoms with E-state index in [1.165, 1.54) is 16.4 Å². The van der Waals surface area contributed by atoms with E-state index in [-0.39, 0.29) is 24.6 Å². The van der Waals surface area contributed by atoms with Crippen molar-refractivity contribution in [2.75, 3.05) is 37.7 Å². The van der Waals surface area contributed by atoms with Crippen molar-refractivity contribution in [3.05, 3.63) is 59.9 Å². The molecule has 6 nitrogen and oxygen atoms in total. The number of nitrogens with zero attached hydrogens (tertiary/aromatic N) is 2. The highest BCUT2D eigenvalue weighted by Gasteiger charge is 2.29. The van der Waals surface area contributed by atoms with Crippen LogP contribution in [-0.4, -0.2) is 51.5 Å². The molecule has 0 spiro atoms. The van der Waals surface area contributed by atoms with Gasteiger partial charge >= 0.3 is 5.97 Å². The zero-order valence-electron chi connectivity index (χ0n) is 15.0. The van der Waals surface area contributed by atoms with Crippen LogP contribution in [0.15, 0.2) is 53.4 Å². The zero-order valence-corrected chi connectivity index (χ0v) is 15.8. The fourth-order valence-electron chi connectivity index (χ4n) is 3.06. The molecule has 0 saturated carbocycles. The van der Waals surface area contributed by atoms with Crippen molar-refractivity contribution < 1.29 is 22.3 Å². The van der Waals surface area contributed by atoms with Gasteiger partial charge in [-0.1, -0.05) is 12.1 Å². The molecular weight excluding hydrogens is 371 g/mol. The number of rotatable bonds is 5. The number of para-hydroxylation sites is 1. The molecule has 0 aromatic heterocycles. The fourth-order valence-corrected chi connectivity index (χ4v) is 4.48. The molecule has 2 aromatic rings.